The number of nitrogens with one attached hydrogen (secondary N) is 1. The summed E-state index contributed by atoms with van der Waals surface area (Å²) in [7, 11) is 0. The van der Waals surface area contributed by atoms with Gasteiger partial charge in [0.1, 0.15) is 0 Å². The van der Waals surface area contributed by atoms with Gasteiger partial charge < -0.3 is 5.32 Å². The van der Waals surface area contributed by atoms with Gasteiger partial charge in [-0.25, -0.2) is 0 Å². The van der Waals surface area contributed by atoms with Crippen LogP contribution < -0.4 is 5.32 Å². The number of hydrogen-bond acceptors (Lipinski definition) is 1. The van der Waals surface area contributed by atoms with E-state index in [1.54, 1.807) is 0 Å². The summed E-state index contributed by atoms with van der Waals surface area (Å²) in [5.41, 5.74) is 5.08. The Morgan fingerprint density at radius 1 is 1.17 bits per heavy atom. The molecule has 0 aliphatic heterocycles. The van der Waals surface area contributed by atoms with Crippen molar-refractivity contribution in [2.24, 2.45) is 0 Å². The second kappa shape index (κ2) is 9.57. The normalized spacial score (nSPS) is 16.8. The van der Waals surface area contributed by atoms with Crippen molar-refractivity contribution in [1.29, 1.82) is 0 Å². The molecule has 0 saturated heterocycles. The zero-order valence-corrected chi connectivity index (χ0v) is 14.7. The molecule has 0 fully saturated rings. The highest BCUT2D eigenvalue weighted by Crippen LogP contribution is 2.20. The molecular weight excluding hydrogens is 290 g/mol. The van der Waals surface area contributed by atoms with Gasteiger partial charge in [0, 0.05) is 11.4 Å². The highest BCUT2D eigenvalue weighted by molar-refractivity contribution is 5.34. The van der Waals surface area contributed by atoms with Crippen LogP contribution in [-0.2, 0) is 0 Å². The Balaban J connectivity index is 1.97. The molecular formula is C23H27N. The number of hydrogen-bond donors (Lipinski definition) is 1. The highest BCUT2D eigenvalue weighted by Gasteiger charge is 2.05. The van der Waals surface area contributed by atoms with Gasteiger partial charge in [-0.2, -0.15) is 0 Å². The number of benzene rings is 1. The van der Waals surface area contributed by atoms with Crippen LogP contribution in [0.2, 0.25) is 0 Å². The first-order valence-corrected chi connectivity index (χ1v) is 8.58. The van der Waals surface area contributed by atoms with Crippen molar-refractivity contribution in [2.45, 2.75) is 32.6 Å². The fourth-order valence-corrected chi connectivity index (χ4v) is 2.60. The third-order valence-corrected chi connectivity index (χ3v) is 4.13. The number of rotatable bonds is 7. The molecule has 1 nitrogen and oxygen atoms in total. The summed E-state index contributed by atoms with van der Waals surface area (Å²) in [6, 6.07) is 10.6. The Kier molecular flexibility index (Phi) is 7.10. The molecule has 1 unspecified atom stereocenters. The van der Waals surface area contributed by atoms with Crippen LogP contribution in [0.1, 0.15) is 38.2 Å². The molecule has 0 saturated carbocycles. The van der Waals surface area contributed by atoms with Gasteiger partial charge in [0.15, 0.2) is 0 Å². The van der Waals surface area contributed by atoms with Gasteiger partial charge in [-0.15, -0.1) is 0 Å². The zero-order valence-electron chi connectivity index (χ0n) is 14.7. The lowest BCUT2D eigenvalue weighted by molar-refractivity contribution is 0.830. The van der Waals surface area contributed by atoms with Crippen LogP contribution in [0, 0.1) is 0 Å². The SMILES string of the molecule is C=C/C=C/C1=CC=C(NC(/C=C\C(C)c2ccccc2)=C/C)CC1. The summed E-state index contributed by atoms with van der Waals surface area (Å²) in [6.07, 6.45) is 18.9. The summed E-state index contributed by atoms with van der Waals surface area (Å²) >= 11 is 0. The predicted molar refractivity (Wildman–Crippen MR) is 106 cm³/mol. The first-order valence-electron chi connectivity index (χ1n) is 8.58. The van der Waals surface area contributed by atoms with Crippen LogP contribution in [0.4, 0.5) is 0 Å². The Bertz CT molecular complexity index is 684. The Labute approximate surface area is 146 Å². The molecule has 0 radical (unpaired) electrons. The van der Waals surface area contributed by atoms with Gasteiger partial charge in [0.2, 0.25) is 0 Å². The van der Waals surface area contributed by atoms with Gasteiger partial charge in [0.25, 0.3) is 0 Å². The van der Waals surface area contributed by atoms with Crippen LogP contribution in [0.25, 0.3) is 0 Å². The van der Waals surface area contributed by atoms with E-state index in [2.05, 4.69) is 92.5 Å². The van der Waals surface area contributed by atoms with Crippen molar-refractivity contribution >= 4 is 0 Å². The topological polar surface area (TPSA) is 12.0 Å². The zero-order chi connectivity index (χ0) is 17.2. The fourth-order valence-electron chi connectivity index (χ4n) is 2.60. The van der Waals surface area contributed by atoms with Crippen molar-refractivity contribution in [3.63, 3.8) is 0 Å². The van der Waals surface area contributed by atoms with Crippen LogP contribution in [0.15, 0.2) is 102 Å². The van der Waals surface area contributed by atoms with Crippen molar-refractivity contribution in [3.05, 3.63) is 108 Å². The summed E-state index contributed by atoms with van der Waals surface area (Å²) in [6.45, 7) is 8.00. The Morgan fingerprint density at radius 2 is 1.96 bits per heavy atom. The monoisotopic (exact) mass is 317 g/mol. The minimum atomic E-state index is 0.402. The fraction of sp³-hybridized carbons (Fsp3) is 0.217. The summed E-state index contributed by atoms with van der Waals surface area (Å²) in [5, 5.41) is 3.54. The van der Waals surface area contributed by atoms with Crippen LogP contribution >= 0.6 is 0 Å². The molecule has 1 aromatic rings. The molecule has 1 aromatic carbocycles. The van der Waals surface area contributed by atoms with Gasteiger partial charge in [0.05, 0.1) is 0 Å². The second-order valence-corrected chi connectivity index (χ2v) is 5.96. The third kappa shape index (κ3) is 5.58. The van der Waals surface area contributed by atoms with E-state index in [4.69, 9.17) is 0 Å². The first-order chi connectivity index (χ1) is 11.7. The molecule has 1 aliphatic rings. The molecule has 0 bridgehead atoms. The lowest BCUT2D eigenvalue weighted by atomic mass is 10.00. The maximum atomic E-state index is 3.71. The van der Waals surface area contributed by atoms with Gasteiger partial charge in [-0.1, -0.05) is 80.3 Å². The van der Waals surface area contributed by atoms with E-state index >= 15 is 0 Å². The van der Waals surface area contributed by atoms with Crippen molar-refractivity contribution < 1.29 is 0 Å². The molecule has 0 heterocycles. The van der Waals surface area contributed by atoms with E-state index in [1.807, 2.05) is 12.2 Å². The standard InChI is InChI=1S/C23H27N/c1-4-6-10-20-14-17-23(18-15-20)24-22(5-2)16-13-19(3)21-11-8-7-9-12-21/h4-14,16-17,19,24H,1,15,18H2,2-3H3/b10-6+,16-13-,22-5+. The molecule has 1 atom stereocenters. The number of allylic oxidation sites excluding steroid dienone is 10. The van der Waals surface area contributed by atoms with Crippen molar-refractivity contribution in [3.8, 4) is 0 Å². The molecule has 24 heavy (non-hydrogen) atoms. The molecule has 0 amide bonds. The maximum absolute atomic E-state index is 3.71. The first kappa shape index (κ1) is 17.8. The van der Waals surface area contributed by atoms with Crippen LogP contribution in [0.5, 0.6) is 0 Å². The summed E-state index contributed by atoms with van der Waals surface area (Å²) in [5.74, 6) is 0.402. The van der Waals surface area contributed by atoms with Crippen molar-refractivity contribution in [2.75, 3.05) is 0 Å². The average Bonchev–Trinajstić information content (AvgIpc) is 2.64. The smallest absolute Gasteiger partial charge is 0.0335 e. The van der Waals surface area contributed by atoms with E-state index < -0.39 is 0 Å². The predicted octanol–water partition coefficient (Wildman–Crippen LogP) is 6.19. The van der Waals surface area contributed by atoms with E-state index in [1.165, 1.54) is 16.8 Å². The van der Waals surface area contributed by atoms with E-state index in [0.717, 1.165) is 18.5 Å². The summed E-state index contributed by atoms with van der Waals surface area (Å²) in [4.78, 5) is 0. The largest absolute Gasteiger partial charge is 0.359 e. The van der Waals surface area contributed by atoms with Gasteiger partial charge in [-0.3, -0.25) is 0 Å². The molecule has 1 aliphatic carbocycles. The van der Waals surface area contributed by atoms with Crippen molar-refractivity contribution in [1.82, 2.24) is 5.32 Å². The quantitative estimate of drug-likeness (QED) is 0.592. The maximum Gasteiger partial charge on any atom is 0.0335 e. The Hall–Kier alpha value is -2.54. The van der Waals surface area contributed by atoms with Gasteiger partial charge >= 0.3 is 0 Å². The lowest BCUT2D eigenvalue weighted by Crippen LogP contribution is -2.13. The highest BCUT2D eigenvalue weighted by atomic mass is 14.9. The second-order valence-electron chi connectivity index (χ2n) is 5.96. The molecule has 124 valence electrons. The van der Waals surface area contributed by atoms with E-state index in [-0.39, 0.29) is 0 Å². The van der Waals surface area contributed by atoms with E-state index in [0.29, 0.717) is 5.92 Å². The minimum Gasteiger partial charge on any atom is -0.359 e. The molecule has 0 aromatic heterocycles. The third-order valence-electron chi connectivity index (χ3n) is 4.13. The minimum absolute atomic E-state index is 0.402. The van der Waals surface area contributed by atoms with Crippen LogP contribution in [0.3, 0.4) is 0 Å². The van der Waals surface area contributed by atoms with Gasteiger partial charge in [-0.05, 0) is 49.0 Å². The molecule has 0 spiro atoms. The lowest BCUT2D eigenvalue weighted by Gasteiger charge is -2.16. The molecule has 2 rings (SSSR count). The average molecular weight is 317 g/mol. The van der Waals surface area contributed by atoms with E-state index in [9.17, 15) is 0 Å². The molecule has 1 N–H and O–H groups in total. The van der Waals surface area contributed by atoms with Crippen LogP contribution in [-0.4, -0.2) is 0 Å². The summed E-state index contributed by atoms with van der Waals surface area (Å²) < 4.78 is 0. The Morgan fingerprint density at radius 3 is 2.58 bits per heavy atom. The molecule has 1 heteroatoms.